The number of H-pyrrole nitrogens is 1. The average Bonchev–Trinajstić information content (AvgIpc) is 3.26. The van der Waals surface area contributed by atoms with E-state index in [1.807, 2.05) is 79.7 Å². The fourth-order valence-electron chi connectivity index (χ4n) is 5.10. The number of aromatic nitrogens is 1. The summed E-state index contributed by atoms with van der Waals surface area (Å²) in [4.78, 5) is 32.0. The summed E-state index contributed by atoms with van der Waals surface area (Å²) in [6, 6.07) is 25.0. The number of amides is 2. The Labute approximate surface area is 202 Å². The van der Waals surface area contributed by atoms with Gasteiger partial charge in [-0.05, 0) is 54.8 Å². The van der Waals surface area contributed by atoms with Gasteiger partial charge in [-0.3, -0.25) is 9.59 Å². The zero-order chi connectivity index (χ0) is 24.0. The highest BCUT2D eigenvalue weighted by Gasteiger charge is 2.54. The molecule has 7 heteroatoms. The normalized spacial score (nSPS) is 19.8. The van der Waals surface area contributed by atoms with E-state index in [9.17, 15) is 9.59 Å². The molecule has 2 aliphatic heterocycles. The van der Waals surface area contributed by atoms with E-state index in [0.717, 1.165) is 33.5 Å². The molecule has 1 aromatic heterocycles. The van der Waals surface area contributed by atoms with Crippen molar-refractivity contribution in [3.63, 3.8) is 0 Å². The lowest BCUT2D eigenvalue weighted by Crippen LogP contribution is -2.65. The zero-order valence-corrected chi connectivity index (χ0v) is 19.3. The summed E-state index contributed by atoms with van der Waals surface area (Å²) in [5, 5.41) is 6.82. The number of nitrogens with one attached hydrogen (secondary N) is 1. The third-order valence-corrected chi connectivity index (χ3v) is 6.85. The van der Waals surface area contributed by atoms with E-state index < -0.39 is 5.54 Å². The number of piperazine rings is 1. The lowest BCUT2D eigenvalue weighted by atomic mass is 9.83. The molecule has 174 valence electrons. The van der Waals surface area contributed by atoms with Crippen LogP contribution in [0.2, 0.25) is 0 Å². The van der Waals surface area contributed by atoms with Crippen LogP contribution in [-0.4, -0.2) is 46.0 Å². The van der Waals surface area contributed by atoms with E-state index in [2.05, 4.69) is 16.2 Å². The highest BCUT2D eigenvalue weighted by Crippen LogP contribution is 2.41. The molecule has 0 bridgehead atoms. The van der Waals surface area contributed by atoms with Crippen molar-refractivity contribution in [1.82, 2.24) is 14.9 Å². The molecule has 1 atom stereocenters. The van der Waals surface area contributed by atoms with Gasteiger partial charge in [0.15, 0.2) is 5.54 Å². The van der Waals surface area contributed by atoms with Crippen LogP contribution in [0.5, 0.6) is 11.5 Å². The Balaban J connectivity index is 1.30. The molecular formula is C28H24N4O3. The molecule has 0 radical (unpaired) electrons. The predicted octanol–water partition coefficient (Wildman–Crippen LogP) is 4.44. The second kappa shape index (κ2) is 8.13. The minimum atomic E-state index is -1.13. The first kappa shape index (κ1) is 21.2. The molecule has 1 fully saturated rings. The van der Waals surface area contributed by atoms with Crippen LogP contribution in [0, 0.1) is 0 Å². The largest absolute Gasteiger partial charge is 0.457 e. The standard InChI is InChI=1S/C28H24N4O3/c1-28-26-23(22-12-5-6-13-24(22)30-26)14-15-31(28)25(33)18-32(27(28)34)29-17-19-8-7-11-21(16-19)35-20-9-3-2-4-10-20/h2-13,16-17,30H,14-15,18H2,1H3. The number of aromatic amines is 1. The number of hydrazone groups is 1. The molecule has 0 saturated carbocycles. The molecule has 0 spiro atoms. The fraction of sp³-hybridized carbons (Fsp3) is 0.179. The Kier molecular flexibility index (Phi) is 4.91. The van der Waals surface area contributed by atoms with E-state index in [1.54, 1.807) is 11.1 Å². The van der Waals surface area contributed by atoms with E-state index >= 15 is 0 Å². The summed E-state index contributed by atoms with van der Waals surface area (Å²) >= 11 is 0. The minimum Gasteiger partial charge on any atom is -0.457 e. The van der Waals surface area contributed by atoms with Crippen molar-refractivity contribution in [3.05, 3.63) is 95.7 Å². The van der Waals surface area contributed by atoms with Crippen LogP contribution in [0.25, 0.3) is 10.9 Å². The van der Waals surface area contributed by atoms with Crippen molar-refractivity contribution >= 4 is 28.9 Å². The molecule has 2 aliphatic rings. The molecule has 35 heavy (non-hydrogen) atoms. The number of rotatable bonds is 4. The van der Waals surface area contributed by atoms with Crippen LogP contribution < -0.4 is 4.74 Å². The second-order valence-electron chi connectivity index (χ2n) is 8.99. The van der Waals surface area contributed by atoms with E-state index in [4.69, 9.17) is 4.74 Å². The van der Waals surface area contributed by atoms with Gasteiger partial charge in [0, 0.05) is 17.4 Å². The van der Waals surface area contributed by atoms with Gasteiger partial charge in [-0.25, -0.2) is 5.01 Å². The Hall–Kier alpha value is -4.39. The van der Waals surface area contributed by atoms with Crippen molar-refractivity contribution in [1.29, 1.82) is 0 Å². The Morgan fingerprint density at radius 3 is 2.60 bits per heavy atom. The molecule has 0 aliphatic carbocycles. The van der Waals surface area contributed by atoms with Gasteiger partial charge >= 0.3 is 0 Å². The Morgan fingerprint density at radius 1 is 0.971 bits per heavy atom. The summed E-state index contributed by atoms with van der Waals surface area (Å²) in [5.74, 6) is 1.06. The number of hydrogen-bond donors (Lipinski definition) is 1. The molecule has 1 N–H and O–H groups in total. The van der Waals surface area contributed by atoms with Crippen LogP contribution in [0.1, 0.15) is 23.7 Å². The number of benzene rings is 3. The molecule has 6 rings (SSSR count). The molecule has 1 saturated heterocycles. The number of ether oxygens (including phenoxy) is 1. The van der Waals surface area contributed by atoms with Gasteiger partial charge in [-0.1, -0.05) is 48.5 Å². The number of nitrogens with zero attached hydrogens (tertiary/aromatic N) is 3. The highest BCUT2D eigenvalue weighted by molar-refractivity contribution is 6.01. The number of hydrogen-bond acceptors (Lipinski definition) is 4. The molecule has 1 unspecified atom stereocenters. The topological polar surface area (TPSA) is 78.0 Å². The van der Waals surface area contributed by atoms with Gasteiger partial charge in [0.1, 0.15) is 18.0 Å². The zero-order valence-electron chi connectivity index (χ0n) is 19.3. The van der Waals surface area contributed by atoms with Gasteiger partial charge in [0.25, 0.3) is 5.91 Å². The summed E-state index contributed by atoms with van der Waals surface area (Å²) in [5.41, 5.74) is 2.48. The lowest BCUT2D eigenvalue weighted by Gasteiger charge is -2.48. The van der Waals surface area contributed by atoms with Gasteiger partial charge in [-0.15, -0.1) is 0 Å². The summed E-state index contributed by atoms with van der Waals surface area (Å²) < 4.78 is 5.90. The van der Waals surface area contributed by atoms with E-state index in [1.165, 1.54) is 5.01 Å². The maximum absolute atomic E-state index is 13.8. The molecule has 2 amide bonds. The smallest absolute Gasteiger partial charge is 0.275 e. The molecule has 4 aromatic rings. The van der Waals surface area contributed by atoms with Crippen molar-refractivity contribution < 1.29 is 14.3 Å². The van der Waals surface area contributed by atoms with Crippen LogP contribution in [-0.2, 0) is 21.5 Å². The van der Waals surface area contributed by atoms with Gasteiger partial charge in [0.2, 0.25) is 5.91 Å². The van der Waals surface area contributed by atoms with Crippen LogP contribution in [0.3, 0.4) is 0 Å². The van der Waals surface area contributed by atoms with Crippen LogP contribution in [0.15, 0.2) is 84.0 Å². The first-order chi connectivity index (χ1) is 17.0. The number of fused-ring (bicyclic) bond motifs is 5. The third-order valence-electron chi connectivity index (χ3n) is 6.85. The lowest BCUT2D eigenvalue weighted by molar-refractivity contribution is -0.165. The molecule has 3 aromatic carbocycles. The molecular weight excluding hydrogens is 440 g/mol. The highest BCUT2D eigenvalue weighted by atomic mass is 16.5. The van der Waals surface area contributed by atoms with E-state index in [-0.39, 0.29) is 18.4 Å². The maximum Gasteiger partial charge on any atom is 0.275 e. The number of carbonyl (C=O) groups excluding carboxylic acids is 2. The summed E-state index contributed by atoms with van der Waals surface area (Å²) in [6.45, 7) is 2.24. The Bertz CT molecular complexity index is 1480. The monoisotopic (exact) mass is 464 g/mol. The number of para-hydroxylation sites is 2. The van der Waals surface area contributed by atoms with Crippen molar-refractivity contribution in [2.75, 3.05) is 13.1 Å². The SMILES string of the molecule is CC12C(=O)N(N=Cc3cccc(Oc4ccccc4)c3)CC(=O)N1CCc1c2[nH]c2ccccc12. The summed E-state index contributed by atoms with van der Waals surface area (Å²) in [6.07, 6.45) is 2.31. The van der Waals surface area contributed by atoms with Crippen LogP contribution in [0.4, 0.5) is 0 Å². The van der Waals surface area contributed by atoms with Crippen molar-refractivity contribution in [2.24, 2.45) is 5.10 Å². The molecule has 3 heterocycles. The quantitative estimate of drug-likeness (QED) is 0.454. The van der Waals surface area contributed by atoms with Crippen LogP contribution >= 0.6 is 0 Å². The van der Waals surface area contributed by atoms with Crippen molar-refractivity contribution in [3.8, 4) is 11.5 Å². The first-order valence-corrected chi connectivity index (χ1v) is 11.6. The van der Waals surface area contributed by atoms with Crippen molar-refractivity contribution in [2.45, 2.75) is 18.9 Å². The predicted molar refractivity (Wildman–Crippen MR) is 133 cm³/mol. The number of carbonyl (C=O) groups is 2. The third kappa shape index (κ3) is 3.47. The minimum absolute atomic E-state index is 0.0826. The second-order valence-corrected chi connectivity index (χ2v) is 8.99. The van der Waals surface area contributed by atoms with E-state index in [0.29, 0.717) is 18.7 Å². The fourth-order valence-corrected chi connectivity index (χ4v) is 5.10. The molecule has 7 nitrogen and oxygen atoms in total. The van der Waals surface area contributed by atoms with Gasteiger partial charge < -0.3 is 14.6 Å². The average molecular weight is 465 g/mol. The maximum atomic E-state index is 13.8. The first-order valence-electron chi connectivity index (χ1n) is 11.6. The van der Waals surface area contributed by atoms with Gasteiger partial charge in [0.05, 0.1) is 11.9 Å². The van der Waals surface area contributed by atoms with Gasteiger partial charge in [-0.2, -0.15) is 5.10 Å². The Morgan fingerprint density at radius 2 is 1.74 bits per heavy atom. The summed E-state index contributed by atoms with van der Waals surface area (Å²) in [7, 11) is 0.